The molecule has 1 N–H and O–H groups in total. The highest BCUT2D eigenvalue weighted by molar-refractivity contribution is 6.33. The molecule has 2 aromatic rings. The smallest absolute Gasteiger partial charge is 0.324 e. The lowest BCUT2D eigenvalue weighted by atomic mass is 10.1. The van der Waals surface area contributed by atoms with Crippen molar-refractivity contribution in [2.45, 2.75) is 19.5 Å². The van der Waals surface area contributed by atoms with Gasteiger partial charge < -0.3 is 10.2 Å². The summed E-state index contributed by atoms with van der Waals surface area (Å²) in [6, 6.07) is 6.82. The van der Waals surface area contributed by atoms with Crippen molar-refractivity contribution in [2.75, 3.05) is 16.8 Å². The summed E-state index contributed by atoms with van der Waals surface area (Å²) >= 11 is 5.89. The van der Waals surface area contributed by atoms with Crippen molar-refractivity contribution < 1.29 is 27.7 Å². The highest BCUT2D eigenvalue weighted by Gasteiger charge is 2.36. The third-order valence-electron chi connectivity index (χ3n) is 4.75. The number of nitrogens with zero attached hydrogens (tertiary/aromatic N) is 2. The van der Waals surface area contributed by atoms with E-state index in [1.165, 1.54) is 23.1 Å². The second-order valence-electron chi connectivity index (χ2n) is 6.81. The number of hydrogen-bond acceptors (Lipinski definition) is 4. The van der Waals surface area contributed by atoms with Crippen LogP contribution in [0.2, 0.25) is 5.02 Å². The molecule has 2 aromatic carbocycles. The lowest BCUT2D eigenvalue weighted by Crippen LogP contribution is -2.28. The largest absolute Gasteiger partial charge is 0.416 e. The predicted molar refractivity (Wildman–Crippen MR) is 103 cm³/mol. The molecule has 3 rings (SSSR count). The van der Waals surface area contributed by atoms with Gasteiger partial charge in [0.05, 0.1) is 32.8 Å². The van der Waals surface area contributed by atoms with Crippen LogP contribution in [0.3, 0.4) is 0 Å². The van der Waals surface area contributed by atoms with E-state index in [4.69, 9.17) is 11.6 Å². The second-order valence-corrected chi connectivity index (χ2v) is 7.22. The van der Waals surface area contributed by atoms with Crippen molar-refractivity contribution in [3.63, 3.8) is 0 Å². The zero-order valence-corrected chi connectivity index (χ0v) is 16.3. The summed E-state index contributed by atoms with van der Waals surface area (Å²) in [6.07, 6.45) is -4.80. The van der Waals surface area contributed by atoms with Crippen LogP contribution in [-0.2, 0) is 15.8 Å². The summed E-state index contributed by atoms with van der Waals surface area (Å²) in [5, 5.41) is 13.4. The Morgan fingerprint density at radius 1 is 1.27 bits per heavy atom. The number of anilines is 2. The van der Waals surface area contributed by atoms with E-state index >= 15 is 0 Å². The maximum absolute atomic E-state index is 12.9. The van der Waals surface area contributed by atoms with Crippen LogP contribution in [0.15, 0.2) is 36.4 Å². The molecule has 2 amide bonds. The Bertz CT molecular complexity index is 1040. The van der Waals surface area contributed by atoms with Crippen LogP contribution in [0.1, 0.15) is 17.5 Å². The van der Waals surface area contributed by atoms with E-state index in [0.717, 1.165) is 18.2 Å². The van der Waals surface area contributed by atoms with Crippen molar-refractivity contribution in [3.05, 3.63) is 62.7 Å². The maximum Gasteiger partial charge on any atom is 0.416 e. The third-order valence-corrected chi connectivity index (χ3v) is 5.08. The molecule has 0 saturated carbocycles. The number of carbonyl (C=O) groups is 2. The Hall–Kier alpha value is -3.14. The molecule has 1 aliphatic rings. The molecule has 0 aliphatic carbocycles. The number of nitrogens with one attached hydrogen (secondary N) is 1. The van der Waals surface area contributed by atoms with Gasteiger partial charge in [-0.2, -0.15) is 13.2 Å². The van der Waals surface area contributed by atoms with E-state index < -0.39 is 34.4 Å². The third kappa shape index (κ3) is 4.38. The fraction of sp³-hybridized carbons (Fsp3) is 0.263. The van der Waals surface area contributed by atoms with Gasteiger partial charge in [-0.1, -0.05) is 17.7 Å². The lowest BCUT2D eigenvalue weighted by molar-refractivity contribution is -0.385. The molecule has 1 saturated heterocycles. The van der Waals surface area contributed by atoms with Gasteiger partial charge in [-0.25, -0.2) is 0 Å². The molecule has 0 bridgehead atoms. The van der Waals surface area contributed by atoms with Gasteiger partial charge in [0.1, 0.15) is 0 Å². The Kier molecular flexibility index (Phi) is 5.71. The highest BCUT2D eigenvalue weighted by atomic mass is 35.5. The molecule has 30 heavy (non-hydrogen) atoms. The minimum Gasteiger partial charge on any atom is -0.324 e. The van der Waals surface area contributed by atoms with Crippen molar-refractivity contribution >= 4 is 40.5 Å². The van der Waals surface area contributed by atoms with E-state index in [2.05, 4.69) is 5.32 Å². The summed E-state index contributed by atoms with van der Waals surface area (Å²) < 4.78 is 38.7. The minimum atomic E-state index is -4.61. The molecule has 0 radical (unpaired) electrons. The molecule has 0 aromatic heterocycles. The van der Waals surface area contributed by atoms with E-state index in [1.54, 1.807) is 6.92 Å². The lowest BCUT2D eigenvalue weighted by Gasteiger charge is -2.17. The number of nitro groups is 1. The summed E-state index contributed by atoms with van der Waals surface area (Å²) in [7, 11) is 0. The fourth-order valence-corrected chi connectivity index (χ4v) is 3.29. The van der Waals surface area contributed by atoms with Crippen LogP contribution in [0.4, 0.5) is 30.2 Å². The first-order valence-corrected chi connectivity index (χ1v) is 9.08. The van der Waals surface area contributed by atoms with Gasteiger partial charge in [-0.05, 0) is 31.2 Å². The average molecular weight is 442 g/mol. The van der Waals surface area contributed by atoms with Crippen LogP contribution < -0.4 is 10.2 Å². The van der Waals surface area contributed by atoms with E-state index in [-0.39, 0.29) is 35.1 Å². The van der Waals surface area contributed by atoms with Crippen molar-refractivity contribution in [1.29, 1.82) is 0 Å². The van der Waals surface area contributed by atoms with Gasteiger partial charge in [-0.15, -0.1) is 0 Å². The molecular weight excluding hydrogens is 427 g/mol. The summed E-state index contributed by atoms with van der Waals surface area (Å²) in [6.45, 7) is 1.49. The average Bonchev–Trinajstić information content (AvgIpc) is 3.04. The number of amides is 2. The number of aryl methyl sites for hydroxylation is 1. The van der Waals surface area contributed by atoms with Crippen LogP contribution in [0.5, 0.6) is 0 Å². The SMILES string of the molecule is Cc1ccc(N2C[C@@H](C(=O)Nc3cc(C(F)(F)F)ccc3Cl)CC2=O)cc1[N+](=O)[O-]. The Morgan fingerprint density at radius 3 is 2.60 bits per heavy atom. The Balaban J connectivity index is 1.78. The van der Waals surface area contributed by atoms with E-state index in [0.29, 0.717) is 5.56 Å². The molecule has 0 spiro atoms. The minimum absolute atomic E-state index is 0.0680. The first-order chi connectivity index (χ1) is 14.0. The maximum atomic E-state index is 12.9. The number of nitro benzene ring substituents is 1. The van der Waals surface area contributed by atoms with Gasteiger partial charge >= 0.3 is 6.18 Å². The first kappa shape index (κ1) is 21.6. The Labute approximate surface area is 173 Å². The van der Waals surface area contributed by atoms with Crippen molar-refractivity contribution in [1.82, 2.24) is 0 Å². The summed E-state index contributed by atoms with van der Waals surface area (Å²) in [4.78, 5) is 36.7. The van der Waals surface area contributed by atoms with Crippen LogP contribution in [0.25, 0.3) is 0 Å². The molecule has 11 heteroatoms. The van der Waals surface area contributed by atoms with E-state index in [1.807, 2.05) is 0 Å². The second kappa shape index (κ2) is 7.94. The van der Waals surface area contributed by atoms with Gasteiger partial charge in [-0.3, -0.25) is 19.7 Å². The quantitative estimate of drug-likeness (QED) is 0.555. The van der Waals surface area contributed by atoms with Gasteiger partial charge in [0.15, 0.2) is 0 Å². The van der Waals surface area contributed by atoms with Crippen LogP contribution in [-0.4, -0.2) is 23.3 Å². The standard InChI is InChI=1S/C19H15ClF3N3O4/c1-10-2-4-13(8-16(10)26(29)30)25-9-11(6-17(25)27)18(28)24-15-7-12(19(21,22)23)3-5-14(15)20/h2-5,7-8,11H,6,9H2,1H3,(H,24,28)/t11-/m0/s1. The number of hydrogen-bond donors (Lipinski definition) is 1. The number of alkyl halides is 3. The first-order valence-electron chi connectivity index (χ1n) is 8.70. The number of halogens is 4. The molecular formula is C19H15ClF3N3O4. The Morgan fingerprint density at radius 2 is 1.97 bits per heavy atom. The molecule has 1 aliphatic heterocycles. The predicted octanol–water partition coefficient (Wildman–Crippen LogP) is 4.57. The topological polar surface area (TPSA) is 92.6 Å². The highest BCUT2D eigenvalue weighted by Crippen LogP contribution is 2.35. The van der Waals surface area contributed by atoms with E-state index in [9.17, 15) is 32.9 Å². The number of benzene rings is 2. The molecule has 1 atom stereocenters. The van der Waals surface area contributed by atoms with Gasteiger partial charge in [0.2, 0.25) is 11.8 Å². The monoisotopic (exact) mass is 441 g/mol. The molecule has 1 heterocycles. The zero-order valence-electron chi connectivity index (χ0n) is 15.5. The van der Waals surface area contributed by atoms with Crippen LogP contribution in [0, 0.1) is 23.0 Å². The van der Waals surface area contributed by atoms with Gasteiger partial charge in [0, 0.05) is 24.6 Å². The van der Waals surface area contributed by atoms with Gasteiger partial charge in [0.25, 0.3) is 5.69 Å². The zero-order chi connectivity index (χ0) is 22.2. The number of rotatable bonds is 4. The van der Waals surface area contributed by atoms with Crippen molar-refractivity contribution in [2.24, 2.45) is 5.92 Å². The fourth-order valence-electron chi connectivity index (χ4n) is 3.13. The van der Waals surface area contributed by atoms with Crippen molar-refractivity contribution in [3.8, 4) is 0 Å². The molecule has 158 valence electrons. The van der Waals surface area contributed by atoms with Crippen LogP contribution >= 0.6 is 11.6 Å². The normalized spacial score (nSPS) is 16.6. The molecule has 7 nitrogen and oxygen atoms in total. The molecule has 1 fully saturated rings. The summed E-state index contributed by atoms with van der Waals surface area (Å²) in [5.74, 6) is -1.96. The number of carbonyl (C=O) groups excluding carboxylic acids is 2. The molecule has 0 unspecified atom stereocenters. The summed E-state index contributed by atoms with van der Waals surface area (Å²) in [5.41, 5.74) is -0.663.